The smallest absolute Gasteiger partial charge is 0.339 e. The van der Waals surface area contributed by atoms with E-state index in [4.69, 9.17) is 4.74 Å². The van der Waals surface area contributed by atoms with E-state index in [1.165, 1.54) is 0 Å². The van der Waals surface area contributed by atoms with Gasteiger partial charge < -0.3 is 4.74 Å². The summed E-state index contributed by atoms with van der Waals surface area (Å²) in [6.45, 7) is 6.27. The van der Waals surface area contributed by atoms with Gasteiger partial charge in [-0.25, -0.2) is 4.79 Å². The quantitative estimate of drug-likeness (QED) is 0.692. The molecule has 0 unspecified atom stereocenters. The number of rotatable bonds is 3. The van der Waals surface area contributed by atoms with E-state index in [0.717, 1.165) is 5.56 Å². The van der Waals surface area contributed by atoms with Crippen LogP contribution in [-0.2, 0) is 4.74 Å². The molecule has 0 atom stereocenters. The van der Waals surface area contributed by atoms with E-state index in [1.54, 1.807) is 19.3 Å². The fourth-order valence-corrected chi connectivity index (χ4v) is 1.29. The molecule has 0 aromatic carbocycles. The maximum atomic E-state index is 11.5. The van der Waals surface area contributed by atoms with Gasteiger partial charge in [-0.3, -0.25) is 4.98 Å². The molecular formula is C11H15NO2. The number of ether oxygens (including phenoxy) is 1. The Morgan fingerprint density at radius 3 is 2.86 bits per heavy atom. The van der Waals surface area contributed by atoms with Gasteiger partial charge in [0.15, 0.2) is 0 Å². The number of hydrogen-bond donors (Lipinski definition) is 0. The fraction of sp³-hybridized carbons (Fsp3) is 0.455. The summed E-state index contributed by atoms with van der Waals surface area (Å²) in [7, 11) is 0. The summed E-state index contributed by atoms with van der Waals surface area (Å²) in [5.74, 6) is 0.0155. The van der Waals surface area contributed by atoms with Crippen molar-refractivity contribution in [1.29, 1.82) is 0 Å². The van der Waals surface area contributed by atoms with E-state index in [0.29, 0.717) is 18.1 Å². The average Bonchev–Trinajstić information content (AvgIpc) is 2.18. The van der Waals surface area contributed by atoms with E-state index in [-0.39, 0.29) is 5.97 Å². The molecule has 0 N–H and O–H groups in total. The third kappa shape index (κ3) is 2.31. The van der Waals surface area contributed by atoms with Gasteiger partial charge in [-0.2, -0.15) is 0 Å². The summed E-state index contributed by atoms with van der Waals surface area (Å²) in [6, 6.07) is 1.86. The average molecular weight is 193 g/mol. The lowest BCUT2D eigenvalue weighted by molar-refractivity contribution is 0.0524. The highest BCUT2D eigenvalue weighted by molar-refractivity contribution is 5.90. The fourth-order valence-electron chi connectivity index (χ4n) is 1.29. The van der Waals surface area contributed by atoms with Crippen molar-refractivity contribution < 1.29 is 9.53 Å². The number of hydrogen-bond acceptors (Lipinski definition) is 3. The summed E-state index contributed by atoms with van der Waals surface area (Å²) in [5, 5.41) is 0. The monoisotopic (exact) mass is 193 g/mol. The van der Waals surface area contributed by atoms with Crippen molar-refractivity contribution in [3.63, 3.8) is 0 Å². The molecular weight excluding hydrogens is 178 g/mol. The lowest BCUT2D eigenvalue weighted by atomic mass is 9.99. The molecule has 3 heteroatoms. The van der Waals surface area contributed by atoms with Gasteiger partial charge in [-0.05, 0) is 24.5 Å². The third-order valence-corrected chi connectivity index (χ3v) is 1.97. The number of pyridine rings is 1. The zero-order chi connectivity index (χ0) is 10.6. The van der Waals surface area contributed by atoms with Crippen LogP contribution in [0.5, 0.6) is 0 Å². The van der Waals surface area contributed by atoms with Crippen molar-refractivity contribution in [2.24, 2.45) is 0 Å². The van der Waals surface area contributed by atoms with E-state index >= 15 is 0 Å². The Balaban J connectivity index is 3.00. The Morgan fingerprint density at radius 2 is 2.29 bits per heavy atom. The molecule has 76 valence electrons. The molecule has 0 amide bonds. The van der Waals surface area contributed by atoms with Gasteiger partial charge in [0.1, 0.15) is 0 Å². The standard InChI is InChI=1S/C11H15NO2/c1-4-14-11(13)10-7-12-6-5-9(10)8(2)3/h5-8H,4H2,1-3H3. The number of aromatic nitrogens is 1. The molecule has 0 saturated heterocycles. The molecule has 1 aromatic heterocycles. The van der Waals surface area contributed by atoms with Crippen molar-refractivity contribution in [3.05, 3.63) is 29.6 Å². The molecule has 1 aromatic rings. The maximum Gasteiger partial charge on any atom is 0.339 e. The van der Waals surface area contributed by atoms with Gasteiger partial charge in [0.05, 0.1) is 12.2 Å². The highest BCUT2D eigenvalue weighted by Gasteiger charge is 2.14. The zero-order valence-electron chi connectivity index (χ0n) is 8.78. The first kappa shape index (κ1) is 10.7. The van der Waals surface area contributed by atoms with Crippen LogP contribution in [0.2, 0.25) is 0 Å². The van der Waals surface area contributed by atoms with E-state index in [2.05, 4.69) is 4.98 Å². The summed E-state index contributed by atoms with van der Waals surface area (Å²) < 4.78 is 4.94. The summed E-state index contributed by atoms with van der Waals surface area (Å²) in [6.07, 6.45) is 3.26. The van der Waals surface area contributed by atoms with E-state index in [1.807, 2.05) is 19.9 Å². The van der Waals surface area contributed by atoms with Crippen LogP contribution in [0.15, 0.2) is 18.5 Å². The Morgan fingerprint density at radius 1 is 1.57 bits per heavy atom. The van der Waals surface area contributed by atoms with Gasteiger partial charge in [0.2, 0.25) is 0 Å². The minimum Gasteiger partial charge on any atom is -0.462 e. The summed E-state index contributed by atoms with van der Waals surface area (Å²) in [5.41, 5.74) is 1.56. The Kier molecular flexibility index (Phi) is 3.63. The maximum absolute atomic E-state index is 11.5. The zero-order valence-corrected chi connectivity index (χ0v) is 8.78. The minimum absolute atomic E-state index is 0.288. The van der Waals surface area contributed by atoms with Crippen LogP contribution >= 0.6 is 0 Å². The minimum atomic E-state index is -0.288. The highest BCUT2D eigenvalue weighted by Crippen LogP contribution is 2.18. The molecule has 0 fully saturated rings. The second kappa shape index (κ2) is 4.74. The first-order valence-corrected chi connectivity index (χ1v) is 4.77. The van der Waals surface area contributed by atoms with Crippen molar-refractivity contribution in [3.8, 4) is 0 Å². The van der Waals surface area contributed by atoms with Crippen LogP contribution < -0.4 is 0 Å². The van der Waals surface area contributed by atoms with Crippen molar-refractivity contribution in [1.82, 2.24) is 4.98 Å². The number of esters is 1. The van der Waals surface area contributed by atoms with Crippen LogP contribution in [-0.4, -0.2) is 17.6 Å². The molecule has 0 bridgehead atoms. The summed E-state index contributed by atoms with van der Waals surface area (Å²) >= 11 is 0. The van der Waals surface area contributed by atoms with Gasteiger partial charge in [-0.15, -0.1) is 0 Å². The molecule has 14 heavy (non-hydrogen) atoms. The van der Waals surface area contributed by atoms with Crippen LogP contribution in [0, 0.1) is 0 Å². The molecule has 0 aliphatic rings. The molecule has 0 aliphatic carbocycles. The lowest BCUT2D eigenvalue weighted by Crippen LogP contribution is -2.09. The van der Waals surface area contributed by atoms with Crippen molar-refractivity contribution in [2.45, 2.75) is 26.7 Å². The number of nitrogens with zero attached hydrogens (tertiary/aromatic N) is 1. The van der Waals surface area contributed by atoms with Gasteiger partial charge >= 0.3 is 5.97 Å². The second-order valence-electron chi connectivity index (χ2n) is 3.34. The van der Waals surface area contributed by atoms with E-state index in [9.17, 15) is 4.79 Å². The number of carbonyl (C=O) groups excluding carboxylic acids is 1. The van der Waals surface area contributed by atoms with Crippen molar-refractivity contribution in [2.75, 3.05) is 6.61 Å². The molecule has 0 aliphatic heterocycles. The number of carbonyl (C=O) groups is 1. The Bertz CT molecular complexity index is 321. The van der Waals surface area contributed by atoms with Crippen LogP contribution in [0.4, 0.5) is 0 Å². The first-order valence-electron chi connectivity index (χ1n) is 4.77. The normalized spacial score (nSPS) is 10.3. The molecule has 0 radical (unpaired) electrons. The third-order valence-electron chi connectivity index (χ3n) is 1.97. The lowest BCUT2D eigenvalue weighted by Gasteiger charge is -2.10. The predicted molar refractivity (Wildman–Crippen MR) is 54.3 cm³/mol. The van der Waals surface area contributed by atoms with Gasteiger partial charge in [-0.1, -0.05) is 13.8 Å². The van der Waals surface area contributed by atoms with E-state index < -0.39 is 0 Å². The molecule has 1 rings (SSSR count). The predicted octanol–water partition coefficient (Wildman–Crippen LogP) is 2.38. The van der Waals surface area contributed by atoms with Crippen molar-refractivity contribution >= 4 is 5.97 Å². The molecule has 3 nitrogen and oxygen atoms in total. The van der Waals surface area contributed by atoms with Gasteiger partial charge in [0.25, 0.3) is 0 Å². The van der Waals surface area contributed by atoms with Gasteiger partial charge in [0, 0.05) is 12.4 Å². The SMILES string of the molecule is CCOC(=O)c1cnccc1C(C)C. The molecule has 1 heterocycles. The Labute approximate surface area is 84.1 Å². The summed E-state index contributed by atoms with van der Waals surface area (Å²) in [4.78, 5) is 15.4. The van der Waals surface area contributed by atoms with Crippen LogP contribution in [0.3, 0.4) is 0 Å². The first-order chi connectivity index (χ1) is 6.66. The highest BCUT2D eigenvalue weighted by atomic mass is 16.5. The largest absolute Gasteiger partial charge is 0.462 e. The van der Waals surface area contributed by atoms with Crippen LogP contribution in [0.1, 0.15) is 42.6 Å². The molecule has 0 saturated carbocycles. The Hall–Kier alpha value is -1.38. The second-order valence-corrected chi connectivity index (χ2v) is 3.34. The molecule has 0 spiro atoms. The van der Waals surface area contributed by atoms with Crippen LogP contribution in [0.25, 0.3) is 0 Å². The topological polar surface area (TPSA) is 39.2 Å².